The van der Waals surface area contributed by atoms with Gasteiger partial charge in [-0.15, -0.1) is 0 Å². The second-order valence-corrected chi connectivity index (χ2v) is 6.77. The van der Waals surface area contributed by atoms with Crippen molar-refractivity contribution >= 4 is 5.91 Å². The molecule has 0 radical (unpaired) electrons. The van der Waals surface area contributed by atoms with Crippen LogP contribution in [0.25, 0.3) is 11.4 Å². The van der Waals surface area contributed by atoms with E-state index in [0.717, 1.165) is 17.7 Å². The van der Waals surface area contributed by atoms with Crippen LogP contribution in [-0.4, -0.2) is 48.3 Å². The molecule has 3 rings (SSSR count). The van der Waals surface area contributed by atoms with E-state index in [1.54, 1.807) is 55.5 Å². The summed E-state index contributed by atoms with van der Waals surface area (Å²) in [5.74, 6) is 2.58. The van der Waals surface area contributed by atoms with Gasteiger partial charge in [-0.05, 0) is 55.8 Å². The lowest BCUT2D eigenvalue weighted by atomic mass is 10.2. The maximum atomic E-state index is 12.9. The third-order valence-electron chi connectivity index (χ3n) is 4.68. The standard InChI is InChI=1S/C23H27N3O5/c1-5-13-30-18-10-7-16(8-11-18)23(27)26(6-2)15-21-24-22(25-31-21)17-9-12-19(28-3)20(14-17)29-4/h7-12,14H,5-6,13,15H2,1-4H3. The Balaban J connectivity index is 1.71. The van der Waals surface area contributed by atoms with Crippen LogP contribution in [0.2, 0.25) is 0 Å². The normalized spacial score (nSPS) is 10.6. The van der Waals surface area contributed by atoms with Gasteiger partial charge in [0, 0.05) is 17.7 Å². The molecule has 0 bridgehead atoms. The fraction of sp³-hybridized carbons (Fsp3) is 0.348. The lowest BCUT2D eigenvalue weighted by Crippen LogP contribution is -2.30. The van der Waals surface area contributed by atoms with Crippen LogP contribution in [0.5, 0.6) is 17.2 Å². The van der Waals surface area contributed by atoms with E-state index in [2.05, 4.69) is 10.1 Å². The van der Waals surface area contributed by atoms with Crippen molar-refractivity contribution in [3.63, 3.8) is 0 Å². The van der Waals surface area contributed by atoms with Crippen LogP contribution in [0.4, 0.5) is 0 Å². The van der Waals surface area contributed by atoms with Gasteiger partial charge in [0.15, 0.2) is 11.5 Å². The Labute approximate surface area is 181 Å². The quantitative estimate of drug-likeness (QED) is 0.481. The number of methoxy groups -OCH3 is 2. The maximum Gasteiger partial charge on any atom is 0.254 e. The number of rotatable bonds is 10. The Kier molecular flexibility index (Phi) is 7.48. The maximum absolute atomic E-state index is 12.9. The lowest BCUT2D eigenvalue weighted by molar-refractivity contribution is 0.0734. The zero-order valence-electron chi connectivity index (χ0n) is 18.3. The van der Waals surface area contributed by atoms with Crippen molar-refractivity contribution in [3.8, 4) is 28.6 Å². The smallest absolute Gasteiger partial charge is 0.254 e. The van der Waals surface area contributed by atoms with E-state index in [1.807, 2.05) is 19.9 Å². The molecule has 1 amide bonds. The molecule has 0 spiro atoms. The van der Waals surface area contributed by atoms with Crippen LogP contribution in [-0.2, 0) is 6.54 Å². The summed E-state index contributed by atoms with van der Waals surface area (Å²) in [6.45, 7) is 5.31. The summed E-state index contributed by atoms with van der Waals surface area (Å²) >= 11 is 0. The summed E-state index contributed by atoms with van der Waals surface area (Å²) in [7, 11) is 3.14. The highest BCUT2D eigenvalue weighted by molar-refractivity contribution is 5.94. The fourth-order valence-electron chi connectivity index (χ4n) is 3.00. The van der Waals surface area contributed by atoms with Gasteiger partial charge in [0.2, 0.25) is 11.7 Å². The van der Waals surface area contributed by atoms with E-state index in [-0.39, 0.29) is 12.5 Å². The van der Waals surface area contributed by atoms with Crippen LogP contribution >= 0.6 is 0 Å². The predicted molar refractivity (Wildman–Crippen MR) is 115 cm³/mol. The average molecular weight is 425 g/mol. The number of hydrogen-bond acceptors (Lipinski definition) is 7. The van der Waals surface area contributed by atoms with E-state index in [1.165, 1.54) is 0 Å². The van der Waals surface area contributed by atoms with Gasteiger partial charge in [0.05, 0.1) is 20.8 Å². The Bertz CT molecular complexity index is 1000. The molecule has 2 aromatic carbocycles. The number of benzene rings is 2. The number of ether oxygens (including phenoxy) is 3. The molecule has 0 saturated heterocycles. The first-order valence-electron chi connectivity index (χ1n) is 10.2. The van der Waals surface area contributed by atoms with Gasteiger partial charge in [0.1, 0.15) is 12.3 Å². The number of carbonyl (C=O) groups excluding carboxylic acids is 1. The molecule has 31 heavy (non-hydrogen) atoms. The minimum absolute atomic E-state index is 0.115. The second-order valence-electron chi connectivity index (χ2n) is 6.77. The van der Waals surface area contributed by atoms with E-state index < -0.39 is 0 Å². The summed E-state index contributed by atoms with van der Waals surface area (Å²) in [6, 6.07) is 12.5. The summed E-state index contributed by atoms with van der Waals surface area (Å²) in [4.78, 5) is 19.0. The molecule has 1 aromatic heterocycles. The van der Waals surface area contributed by atoms with Crippen molar-refractivity contribution < 1.29 is 23.5 Å². The van der Waals surface area contributed by atoms with Crippen molar-refractivity contribution in [3.05, 3.63) is 53.9 Å². The molecule has 0 unspecified atom stereocenters. The van der Waals surface area contributed by atoms with E-state index in [9.17, 15) is 4.79 Å². The van der Waals surface area contributed by atoms with Crippen molar-refractivity contribution in [1.29, 1.82) is 0 Å². The first-order valence-corrected chi connectivity index (χ1v) is 10.2. The Morgan fingerprint density at radius 3 is 2.42 bits per heavy atom. The van der Waals surface area contributed by atoms with Gasteiger partial charge in [0.25, 0.3) is 5.91 Å². The van der Waals surface area contributed by atoms with E-state index in [4.69, 9.17) is 18.7 Å². The number of aromatic nitrogens is 2. The van der Waals surface area contributed by atoms with Crippen molar-refractivity contribution in [2.24, 2.45) is 0 Å². The SMILES string of the molecule is CCCOc1ccc(C(=O)N(CC)Cc2nc(-c3ccc(OC)c(OC)c3)no2)cc1. The van der Waals surface area contributed by atoms with Gasteiger partial charge < -0.3 is 23.6 Å². The second kappa shape index (κ2) is 10.5. The number of nitrogens with zero attached hydrogens (tertiary/aromatic N) is 3. The molecule has 0 atom stereocenters. The molecule has 0 saturated carbocycles. The fourth-order valence-corrected chi connectivity index (χ4v) is 3.00. The molecule has 164 valence electrons. The van der Waals surface area contributed by atoms with Crippen LogP contribution in [0, 0.1) is 0 Å². The third-order valence-corrected chi connectivity index (χ3v) is 4.68. The van der Waals surface area contributed by atoms with Crippen LogP contribution in [0.1, 0.15) is 36.5 Å². The number of amides is 1. The third kappa shape index (κ3) is 5.33. The van der Waals surface area contributed by atoms with Gasteiger partial charge in [-0.2, -0.15) is 4.98 Å². The molecule has 1 heterocycles. The van der Waals surface area contributed by atoms with Crippen molar-refractivity contribution in [2.75, 3.05) is 27.4 Å². The molecule has 3 aromatic rings. The molecule has 8 nitrogen and oxygen atoms in total. The molecule has 0 fully saturated rings. The minimum Gasteiger partial charge on any atom is -0.494 e. The minimum atomic E-state index is -0.115. The van der Waals surface area contributed by atoms with Crippen LogP contribution < -0.4 is 14.2 Å². The molecule has 0 N–H and O–H groups in total. The first-order chi connectivity index (χ1) is 15.1. The zero-order chi connectivity index (χ0) is 22.2. The molecular weight excluding hydrogens is 398 g/mol. The van der Waals surface area contributed by atoms with Gasteiger partial charge in [-0.1, -0.05) is 12.1 Å². The monoisotopic (exact) mass is 425 g/mol. The molecular formula is C23H27N3O5. The summed E-state index contributed by atoms with van der Waals surface area (Å²) in [5.41, 5.74) is 1.30. The topological polar surface area (TPSA) is 86.9 Å². The van der Waals surface area contributed by atoms with E-state index >= 15 is 0 Å². The molecule has 0 aliphatic heterocycles. The van der Waals surface area contributed by atoms with Gasteiger partial charge >= 0.3 is 0 Å². The number of hydrogen-bond donors (Lipinski definition) is 0. The van der Waals surface area contributed by atoms with Gasteiger partial charge in [-0.25, -0.2) is 0 Å². The molecule has 0 aliphatic carbocycles. The average Bonchev–Trinajstić information content (AvgIpc) is 3.29. The zero-order valence-corrected chi connectivity index (χ0v) is 18.3. The van der Waals surface area contributed by atoms with Crippen LogP contribution in [0.15, 0.2) is 47.0 Å². The highest BCUT2D eigenvalue weighted by atomic mass is 16.5. The summed E-state index contributed by atoms with van der Waals surface area (Å²) in [5, 5.41) is 4.04. The van der Waals surface area contributed by atoms with Crippen molar-refractivity contribution in [1.82, 2.24) is 15.0 Å². The van der Waals surface area contributed by atoms with Gasteiger partial charge in [-0.3, -0.25) is 4.79 Å². The van der Waals surface area contributed by atoms with E-state index in [0.29, 0.717) is 41.9 Å². The summed E-state index contributed by atoms with van der Waals surface area (Å²) in [6.07, 6.45) is 0.930. The summed E-state index contributed by atoms with van der Waals surface area (Å²) < 4.78 is 21.5. The Hall–Kier alpha value is -3.55. The van der Waals surface area contributed by atoms with Crippen LogP contribution in [0.3, 0.4) is 0 Å². The largest absolute Gasteiger partial charge is 0.494 e. The van der Waals surface area contributed by atoms with Crippen molar-refractivity contribution in [2.45, 2.75) is 26.8 Å². The first kappa shape index (κ1) is 22.1. The Morgan fingerprint density at radius 1 is 1.03 bits per heavy atom. The molecule has 0 aliphatic rings. The highest BCUT2D eigenvalue weighted by Gasteiger charge is 2.19. The Morgan fingerprint density at radius 2 is 1.77 bits per heavy atom. The predicted octanol–water partition coefficient (Wildman–Crippen LogP) is 4.20. The lowest BCUT2D eigenvalue weighted by Gasteiger charge is -2.19. The molecule has 8 heteroatoms. The number of carbonyl (C=O) groups is 1. The highest BCUT2D eigenvalue weighted by Crippen LogP contribution is 2.31.